The van der Waals surface area contributed by atoms with Gasteiger partial charge >= 0.3 is 0 Å². The van der Waals surface area contributed by atoms with E-state index in [0.717, 1.165) is 56.1 Å². The molecule has 9 heteroatoms. The Morgan fingerprint density at radius 2 is 2.00 bits per heavy atom. The van der Waals surface area contributed by atoms with Crippen molar-refractivity contribution < 1.29 is 18.7 Å². The van der Waals surface area contributed by atoms with Crippen molar-refractivity contribution in [3.63, 3.8) is 0 Å². The lowest BCUT2D eigenvalue weighted by Gasteiger charge is -2.26. The molecule has 4 aromatic rings. The average Bonchev–Trinajstić information content (AvgIpc) is 2.96. The molecule has 2 N–H and O–H groups in total. The largest absolute Gasteiger partial charge is 0.491 e. The van der Waals surface area contributed by atoms with Crippen LogP contribution in [0.2, 0.25) is 0 Å². The lowest BCUT2D eigenvalue weighted by Crippen LogP contribution is -2.37. The highest BCUT2D eigenvalue weighted by atomic mass is 19.1. The third kappa shape index (κ3) is 6.62. The van der Waals surface area contributed by atoms with Gasteiger partial charge in [0.25, 0.3) is 0 Å². The van der Waals surface area contributed by atoms with Crippen molar-refractivity contribution in [2.75, 3.05) is 50.1 Å². The maximum absolute atomic E-state index is 14.6. The van der Waals surface area contributed by atoms with Crippen molar-refractivity contribution in [3.05, 3.63) is 85.0 Å². The van der Waals surface area contributed by atoms with E-state index in [4.69, 9.17) is 9.47 Å². The number of anilines is 3. The van der Waals surface area contributed by atoms with Gasteiger partial charge in [-0.25, -0.2) is 14.4 Å². The number of carbonyl (C=O) groups is 1. The number of fused-ring (bicyclic) bond motifs is 1. The van der Waals surface area contributed by atoms with Crippen LogP contribution in [-0.2, 0) is 9.53 Å². The first kappa shape index (κ1) is 27.2. The zero-order chi connectivity index (χ0) is 27.9. The molecule has 206 valence electrons. The zero-order valence-corrected chi connectivity index (χ0v) is 22.5. The highest BCUT2D eigenvalue weighted by molar-refractivity contribution is 6.03. The van der Waals surface area contributed by atoms with E-state index in [-0.39, 0.29) is 11.7 Å². The lowest BCUT2D eigenvalue weighted by molar-refractivity contribution is -0.111. The Balaban J connectivity index is 1.39. The second kappa shape index (κ2) is 12.7. The van der Waals surface area contributed by atoms with E-state index in [2.05, 4.69) is 32.1 Å². The number of hydrogen-bond acceptors (Lipinski definition) is 7. The predicted octanol–water partition coefficient (Wildman–Crippen LogP) is 5.71. The summed E-state index contributed by atoms with van der Waals surface area (Å²) in [5.41, 5.74) is 4.01. The standard InChI is InChI=1S/C31H32FN5O3/c1-3-30(38)36-28-18-25-27(19-29(28)40-13-5-10-37-11-14-39-15-12-37)33-20-34-31(25)35-23-7-4-6-22(17-23)24-9-8-21(2)16-26(24)32/h3-4,6-9,16-20H,1,5,10-15H2,2H3,(H,36,38)(H,33,34,35). The molecule has 1 saturated heterocycles. The molecule has 1 fully saturated rings. The van der Waals surface area contributed by atoms with E-state index in [1.807, 2.05) is 37.3 Å². The first-order valence-electron chi connectivity index (χ1n) is 13.3. The topological polar surface area (TPSA) is 88.6 Å². The van der Waals surface area contributed by atoms with Crippen LogP contribution >= 0.6 is 0 Å². The van der Waals surface area contributed by atoms with Gasteiger partial charge < -0.3 is 20.1 Å². The summed E-state index contributed by atoms with van der Waals surface area (Å²) in [6, 6.07) is 16.3. The lowest BCUT2D eigenvalue weighted by atomic mass is 10.0. The molecular formula is C31H32FN5O3. The van der Waals surface area contributed by atoms with Gasteiger partial charge in [0.1, 0.15) is 23.7 Å². The number of benzene rings is 3. The summed E-state index contributed by atoms with van der Waals surface area (Å²) in [5.74, 6) is 0.437. The van der Waals surface area contributed by atoms with Crippen molar-refractivity contribution in [1.82, 2.24) is 14.9 Å². The Bertz CT molecular complexity index is 1520. The minimum atomic E-state index is -0.350. The molecule has 2 heterocycles. The van der Waals surface area contributed by atoms with Gasteiger partial charge in [-0.15, -0.1) is 0 Å². The van der Waals surface area contributed by atoms with Gasteiger partial charge in [-0.05, 0) is 54.8 Å². The molecule has 0 unspecified atom stereocenters. The second-order valence-corrected chi connectivity index (χ2v) is 9.63. The summed E-state index contributed by atoms with van der Waals surface area (Å²) in [7, 11) is 0. The van der Waals surface area contributed by atoms with Gasteiger partial charge in [0.15, 0.2) is 0 Å². The number of carbonyl (C=O) groups excluding carboxylic acids is 1. The number of nitrogens with one attached hydrogen (secondary N) is 2. The van der Waals surface area contributed by atoms with E-state index >= 15 is 0 Å². The summed E-state index contributed by atoms with van der Waals surface area (Å²) in [5, 5.41) is 6.86. The van der Waals surface area contributed by atoms with Crippen molar-refractivity contribution in [3.8, 4) is 16.9 Å². The highest BCUT2D eigenvalue weighted by Gasteiger charge is 2.15. The molecule has 0 saturated carbocycles. The van der Waals surface area contributed by atoms with Crippen LogP contribution < -0.4 is 15.4 Å². The first-order valence-corrected chi connectivity index (χ1v) is 13.3. The number of amides is 1. The van der Waals surface area contributed by atoms with Gasteiger partial charge in [0.05, 0.1) is 31.0 Å². The Morgan fingerprint density at radius 3 is 2.80 bits per heavy atom. The SMILES string of the molecule is C=CC(=O)Nc1cc2c(Nc3cccc(-c4ccc(C)cc4F)c3)ncnc2cc1OCCCN1CCOCC1. The molecule has 3 aromatic carbocycles. The van der Waals surface area contributed by atoms with Crippen LogP contribution in [0.15, 0.2) is 73.6 Å². The first-order chi connectivity index (χ1) is 19.5. The van der Waals surface area contributed by atoms with Crippen LogP contribution in [0.3, 0.4) is 0 Å². The van der Waals surface area contributed by atoms with E-state index < -0.39 is 0 Å². The Hall–Kier alpha value is -4.34. The van der Waals surface area contributed by atoms with Gasteiger partial charge in [-0.3, -0.25) is 9.69 Å². The molecular weight excluding hydrogens is 509 g/mol. The molecule has 5 rings (SSSR count). The molecule has 8 nitrogen and oxygen atoms in total. The van der Waals surface area contributed by atoms with E-state index in [0.29, 0.717) is 40.3 Å². The van der Waals surface area contributed by atoms with Crippen LogP contribution in [0.5, 0.6) is 5.75 Å². The Morgan fingerprint density at radius 1 is 1.15 bits per heavy atom. The van der Waals surface area contributed by atoms with Gasteiger partial charge in [-0.2, -0.15) is 0 Å². The average molecular weight is 542 g/mol. The summed E-state index contributed by atoms with van der Waals surface area (Å²) in [6.45, 7) is 10.2. The fourth-order valence-electron chi connectivity index (χ4n) is 4.63. The van der Waals surface area contributed by atoms with Crippen LogP contribution in [0.4, 0.5) is 21.6 Å². The second-order valence-electron chi connectivity index (χ2n) is 9.63. The van der Waals surface area contributed by atoms with Crippen LogP contribution in [0.1, 0.15) is 12.0 Å². The van der Waals surface area contributed by atoms with Crippen molar-refractivity contribution in [2.24, 2.45) is 0 Å². The number of hydrogen-bond donors (Lipinski definition) is 2. The number of rotatable bonds is 10. The molecule has 0 atom stereocenters. The quantitative estimate of drug-likeness (QED) is 0.196. The number of morpholine rings is 1. The minimum absolute atomic E-state index is 0.273. The monoisotopic (exact) mass is 541 g/mol. The Kier molecular flexibility index (Phi) is 8.63. The van der Waals surface area contributed by atoms with Crippen LogP contribution in [0.25, 0.3) is 22.0 Å². The molecule has 0 bridgehead atoms. The molecule has 40 heavy (non-hydrogen) atoms. The van der Waals surface area contributed by atoms with Crippen molar-refractivity contribution in [1.29, 1.82) is 0 Å². The fraction of sp³-hybridized carbons (Fsp3) is 0.258. The number of halogens is 1. The minimum Gasteiger partial charge on any atom is -0.491 e. The predicted molar refractivity (Wildman–Crippen MR) is 156 cm³/mol. The molecule has 0 radical (unpaired) electrons. The maximum Gasteiger partial charge on any atom is 0.247 e. The maximum atomic E-state index is 14.6. The summed E-state index contributed by atoms with van der Waals surface area (Å²) in [6.07, 6.45) is 3.52. The molecule has 1 amide bonds. The van der Waals surface area contributed by atoms with E-state index in [1.54, 1.807) is 18.2 Å². The third-order valence-electron chi connectivity index (χ3n) is 6.72. The van der Waals surface area contributed by atoms with Crippen molar-refractivity contribution in [2.45, 2.75) is 13.3 Å². The fourth-order valence-corrected chi connectivity index (χ4v) is 4.63. The smallest absolute Gasteiger partial charge is 0.247 e. The summed E-state index contributed by atoms with van der Waals surface area (Å²) >= 11 is 0. The number of aryl methyl sites for hydroxylation is 1. The van der Waals surface area contributed by atoms with Gasteiger partial charge in [0.2, 0.25) is 5.91 Å². The van der Waals surface area contributed by atoms with Crippen LogP contribution in [0, 0.1) is 12.7 Å². The normalized spacial score (nSPS) is 13.7. The van der Waals surface area contributed by atoms with E-state index in [1.165, 1.54) is 18.5 Å². The molecule has 1 aliphatic rings. The summed E-state index contributed by atoms with van der Waals surface area (Å²) < 4.78 is 26.1. The molecule has 1 aromatic heterocycles. The highest BCUT2D eigenvalue weighted by Crippen LogP contribution is 2.34. The molecule has 1 aliphatic heterocycles. The van der Waals surface area contributed by atoms with Crippen molar-refractivity contribution >= 4 is 34.0 Å². The number of aromatic nitrogens is 2. The summed E-state index contributed by atoms with van der Waals surface area (Å²) in [4.78, 5) is 23.5. The van der Waals surface area contributed by atoms with Crippen LogP contribution in [-0.4, -0.2) is 60.2 Å². The number of ether oxygens (including phenoxy) is 2. The molecule has 0 spiro atoms. The Labute approximate surface area is 232 Å². The third-order valence-corrected chi connectivity index (χ3v) is 6.72. The molecule has 0 aliphatic carbocycles. The van der Waals surface area contributed by atoms with Gasteiger partial charge in [-0.1, -0.05) is 30.8 Å². The van der Waals surface area contributed by atoms with E-state index in [9.17, 15) is 9.18 Å². The number of nitrogens with zero attached hydrogens (tertiary/aromatic N) is 3. The van der Waals surface area contributed by atoms with Gasteiger partial charge in [0, 0.05) is 42.3 Å². The zero-order valence-electron chi connectivity index (χ0n) is 22.5.